The summed E-state index contributed by atoms with van der Waals surface area (Å²) in [6, 6.07) is 6.29. The molecule has 0 unspecified atom stereocenters. The summed E-state index contributed by atoms with van der Waals surface area (Å²) in [5.41, 5.74) is 1.45. The molecule has 0 saturated heterocycles. The van der Waals surface area contributed by atoms with E-state index in [0.29, 0.717) is 10.9 Å². The third-order valence-corrected chi connectivity index (χ3v) is 6.39. The van der Waals surface area contributed by atoms with Crippen LogP contribution in [0, 0.1) is 10.1 Å². The van der Waals surface area contributed by atoms with Crippen molar-refractivity contribution in [2.45, 2.75) is 45.2 Å². The molecule has 1 aliphatic rings. The lowest BCUT2D eigenvalue weighted by atomic mass is 9.97. The number of nitrogens with one attached hydrogen (secondary N) is 1. The summed E-state index contributed by atoms with van der Waals surface area (Å²) in [7, 11) is 0. The number of amides is 1. The minimum atomic E-state index is -0.469. The Balaban J connectivity index is 1.43. The van der Waals surface area contributed by atoms with E-state index in [-0.39, 0.29) is 36.7 Å². The summed E-state index contributed by atoms with van der Waals surface area (Å²) < 4.78 is 1.48. The van der Waals surface area contributed by atoms with Gasteiger partial charge in [0.2, 0.25) is 5.91 Å². The maximum Gasteiger partial charge on any atom is 0.274 e. The molecule has 1 amide bonds. The van der Waals surface area contributed by atoms with Crippen LogP contribution >= 0.6 is 11.3 Å². The van der Waals surface area contributed by atoms with E-state index in [9.17, 15) is 19.7 Å². The molecule has 1 aliphatic carbocycles. The molecular formula is C20H20N4O4S. The second kappa shape index (κ2) is 8.12. The Morgan fingerprint density at radius 3 is 2.90 bits per heavy atom. The largest absolute Gasteiger partial charge is 0.352 e. The molecule has 1 N–H and O–H groups in total. The molecule has 150 valence electrons. The molecule has 0 spiro atoms. The van der Waals surface area contributed by atoms with E-state index < -0.39 is 4.92 Å². The lowest BCUT2D eigenvalue weighted by molar-refractivity contribution is -0.385. The van der Waals surface area contributed by atoms with Crippen molar-refractivity contribution in [3.05, 3.63) is 67.1 Å². The smallest absolute Gasteiger partial charge is 0.274 e. The number of carbonyl (C=O) groups is 1. The quantitative estimate of drug-likeness (QED) is 0.495. The lowest BCUT2D eigenvalue weighted by Gasteiger charge is -2.10. The van der Waals surface area contributed by atoms with E-state index in [2.05, 4.69) is 10.3 Å². The average Bonchev–Trinajstić information content (AvgIpc) is 3.11. The number of benzene rings is 1. The standard InChI is InChI=1S/C20H20N4O4S/c25-17(21-11-13-5-1-3-7-15(13)24(27)28)9-10-23-12-22-19-18(20(23)26)14-6-2-4-8-16(14)29-19/h1,3,5,7,12H,2,4,6,8-11H2,(H,21,25). The number of nitrogens with zero attached hydrogens (tertiary/aromatic N) is 3. The van der Waals surface area contributed by atoms with Crippen molar-refractivity contribution in [1.82, 2.24) is 14.9 Å². The number of hydrogen-bond acceptors (Lipinski definition) is 6. The van der Waals surface area contributed by atoms with Gasteiger partial charge in [0, 0.05) is 36.0 Å². The van der Waals surface area contributed by atoms with Gasteiger partial charge in [-0.05, 0) is 31.2 Å². The molecule has 0 radical (unpaired) electrons. The van der Waals surface area contributed by atoms with Gasteiger partial charge < -0.3 is 5.32 Å². The number of nitro groups is 1. The summed E-state index contributed by atoms with van der Waals surface area (Å²) in [6.45, 7) is 0.287. The van der Waals surface area contributed by atoms with Crippen LogP contribution in [0.1, 0.15) is 35.3 Å². The fourth-order valence-corrected chi connectivity index (χ4v) is 4.90. The number of aryl methyl sites for hydroxylation is 3. The number of thiophene rings is 1. The molecule has 2 aromatic heterocycles. The first-order valence-corrected chi connectivity index (χ1v) is 10.3. The number of rotatable bonds is 6. The molecule has 3 aromatic rings. The Kier molecular flexibility index (Phi) is 5.39. The van der Waals surface area contributed by atoms with Crippen molar-refractivity contribution < 1.29 is 9.72 Å². The van der Waals surface area contributed by atoms with Crippen LogP contribution in [0.5, 0.6) is 0 Å². The first-order chi connectivity index (χ1) is 14.0. The molecule has 0 fully saturated rings. The molecule has 29 heavy (non-hydrogen) atoms. The fourth-order valence-electron chi connectivity index (χ4n) is 3.68. The summed E-state index contributed by atoms with van der Waals surface area (Å²) in [4.78, 5) is 42.2. The third kappa shape index (κ3) is 3.91. The van der Waals surface area contributed by atoms with Crippen LogP contribution in [0.4, 0.5) is 5.69 Å². The summed E-state index contributed by atoms with van der Waals surface area (Å²) in [5, 5.41) is 14.4. The Morgan fingerprint density at radius 2 is 2.07 bits per heavy atom. The number of aromatic nitrogens is 2. The van der Waals surface area contributed by atoms with Crippen molar-refractivity contribution in [3.8, 4) is 0 Å². The predicted molar refractivity (Wildman–Crippen MR) is 110 cm³/mol. The summed E-state index contributed by atoms with van der Waals surface area (Å²) in [6.07, 6.45) is 5.74. The summed E-state index contributed by atoms with van der Waals surface area (Å²) in [5.74, 6) is -0.275. The number of fused-ring (bicyclic) bond motifs is 3. The van der Waals surface area contributed by atoms with Crippen molar-refractivity contribution in [3.63, 3.8) is 0 Å². The van der Waals surface area contributed by atoms with Gasteiger partial charge in [0.05, 0.1) is 16.6 Å². The zero-order chi connectivity index (χ0) is 20.4. The molecule has 2 heterocycles. The molecule has 0 saturated carbocycles. The van der Waals surface area contributed by atoms with Gasteiger partial charge in [-0.3, -0.25) is 24.3 Å². The monoisotopic (exact) mass is 412 g/mol. The Labute approximate surface area is 170 Å². The maximum atomic E-state index is 12.9. The van der Waals surface area contributed by atoms with Crippen LogP contribution in [0.15, 0.2) is 35.4 Å². The van der Waals surface area contributed by atoms with Gasteiger partial charge >= 0.3 is 0 Å². The van der Waals surface area contributed by atoms with Crippen LogP contribution < -0.4 is 10.9 Å². The molecule has 1 aromatic carbocycles. The van der Waals surface area contributed by atoms with Crippen LogP contribution in [0.25, 0.3) is 10.2 Å². The van der Waals surface area contributed by atoms with E-state index in [1.165, 1.54) is 21.8 Å². The van der Waals surface area contributed by atoms with Crippen molar-refractivity contribution in [2.24, 2.45) is 0 Å². The molecule has 8 nitrogen and oxygen atoms in total. The highest BCUT2D eigenvalue weighted by atomic mass is 32.1. The highest BCUT2D eigenvalue weighted by Crippen LogP contribution is 2.33. The molecule has 0 aliphatic heterocycles. The summed E-state index contributed by atoms with van der Waals surface area (Å²) >= 11 is 1.60. The van der Waals surface area contributed by atoms with Crippen LogP contribution in [0.3, 0.4) is 0 Å². The fraction of sp³-hybridized carbons (Fsp3) is 0.350. The minimum absolute atomic E-state index is 0.0269. The third-order valence-electron chi connectivity index (χ3n) is 5.19. The Bertz CT molecular complexity index is 1150. The van der Waals surface area contributed by atoms with Crippen molar-refractivity contribution >= 4 is 33.1 Å². The second-order valence-electron chi connectivity index (χ2n) is 7.05. The SMILES string of the molecule is O=C(CCn1cnc2sc3c(c2c1=O)CCCC3)NCc1ccccc1[N+](=O)[O-]. The highest BCUT2D eigenvalue weighted by molar-refractivity contribution is 7.18. The molecule has 4 rings (SSSR count). The Morgan fingerprint density at radius 1 is 1.28 bits per heavy atom. The van der Waals surface area contributed by atoms with Gasteiger partial charge in [0.15, 0.2) is 0 Å². The molecular weight excluding hydrogens is 392 g/mol. The van der Waals surface area contributed by atoms with Gasteiger partial charge in [-0.25, -0.2) is 4.98 Å². The second-order valence-corrected chi connectivity index (χ2v) is 8.13. The number of para-hydroxylation sites is 1. The van der Waals surface area contributed by atoms with Gasteiger partial charge in [-0.15, -0.1) is 11.3 Å². The van der Waals surface area contributed by atoms with E-state index in [4.69, 9.17) is 0 Å². The van der Waals surface area contributed by atoms with E-state index in [1.54, 1.807) is 29.5 Å². The molecule has 0 atom stereocenters. The first kappa shape index (κ1) is 19.3. The average molecular weight is 412 g/mol. The van der Waals surface area contributed by atoms with E-state index in [0.717, 1.165) is 36.1 Å². The van der Waals surface area contributed by atoms with E-state index >= 15 is 0 Å². The van der Waals surface area contributed by atoms with Gasteiger partial charge in [-0.1, -0.05) is 18.2 Å². The van der Waals surface area contributed by atoms with Crippen LogP contribution in [-0.2, 0) is 30.7 Å². The highest BCUT2D eigenvalue weighted by Gasteiger charge is 2.20. The van der Waals surface area contributed by atoms with Crippen molar-refractivity contribution in [2.75, 3.05) is 0 Å². The van der Waals surface area contributed by atoms with Gasteiger partial charge in [-0.2, -0.15) is 0 Å². The Hall–Kier alpha value is -3.07. The lowest BCUT2D eigenvalue weighted by Crippen LogP contribution is -2.27. The van der Waals surface area contributed by atoms with Crippen LogP contribution in [-0.4, -0.2) is 20.4 Å². The number of nitro benzene ring substituents is 1. The number of hydrogen-bond donors (Lipinski definition) is 1. The predicted octanol–water partition coefficient (Wildman–Crippen LogP) is 2.95. The first-order valence-electron chi connectivity index (χ1n) is 9.53. The van der Waals surface area contributed by atoms with Crippen LogP contribution in [0.2, 0.25) is 0 Å². The van der Waals surface area contributed by atoms with E-state index in [1.807, 2.05) is 0 Å². The topological polar surface area (TPSA) is 107 Å². The zero-order valence-corrected chi connectivity index (χ0v) is 16.5. The normalized spacial score (nSPS) is 13.2. The molecule has 9 heteroatoms. The van der Waals surface area contributed by atoms with Crippen molar-refractivity contribution in [1.29, 1.82) is 0 Å². The van der Waals surface area contributed by atoms with Gasteiger partial charge in [0.25, 0.3) is 11.2 Å². The number of carbonyl (C=O) groups excluding carboxylic acids is 1. The maximum absolute atomic E-state index is 12.9. The van der Waals surface area contributed by atoms with Gasteiger partial charge in [0.1, 0.15) is 4.83 Å². The molecule has 0 bridgehead atoms. The zero-order valence-electron chi connectivity index (χ0n) is 15.7. The minimum Gasteiger partial charge on any atom is -0.352 e.